The van der Waals surface area contributed by atoms with Crippen molar-refractivity contribution in [1.29, 1.82) is 0 Å². The Kier molecular flexibility index (Phi) is 7.64. The molecule has 1 saturated heterocycles. The fourth-order valence-corrected chi connectivity index (χ4v) is 4.04. The van der Waals surface area contributed by atoms with E-state index >= 15 is 0 Å². The first-order valence-electron chi connectivity index (χ1n) is 11.6. The first kappa shape index (κ1) is 25.2. The molecule has 1 aliphatic rings. The molecule has 37 heavy (non-hydrogen) atoms. The normalized spacial score (nSPS) is 13.4. The third kappa shape index (κ3) is 5.06. The van der Waals surface area contributed by atoms with Crippen LogP contribution >= 0.6 is 0 Å². The molecule has 0 aliphatic carbocycles. The number of urea groups is 1. The van der Waals surface area contributed by atoms with Crippen LogP contribution in [0.15, 0.2) is 104 Å². The van der Waals surface area contributed by atoms with Crippen molar-refractivity contribution in [3.63, 3.8) is 0 Å². The lowest BCUT2D eigenvalue weighted by molar-refractivity contribution is -0.121. The Bertz CT molecular complexity index is 1320. The number of para-hydroxylation sites is 2. The van der Waals surface area contributed by atoms with E-state index in [4.69, 9.17) is 9.47 Å². The van der Waals surface area contributed by atoms with Gasteiger partial charge in [0.25, 0.3) is 11.8 Å². The number of carbonyl (C=O) groups excluding carboxylic acids is 3. The van der Waals surface area contributed by atoms with E-state index in [-0.39, 0.29) is 12.2 Å². The highest BCUT2D eigenvalue weighted by atomic mass is 16.5. The summed E-state index contributed by atoms with van der Waals surface area (Å²) < 4.78 is 11.3. The molecule has 7 heteroatoms. The number of carbonyl (C=O) groups is 3. The maximum absolute atomic E-state index is 13.6. The van der Waals surface area contributed by atoms with E-state index in [9.17, 15) is 14.4 Å². The highest BCUT2D eigenvalue weighted by Gasteiger charge is 2.43. The van der Waals surface area contributed by atoms with Gasteiger partial charge in [-0.3, -0.25) is 9.59 Å². The van der Waals surface area contributed by atoms with Crippen LogP contribution in [0.25, 0.3) is 6.08 Å². The van der Waals surface area contributed by atoms with Gasteiger partial charge in [-0.1, -0.05) is 55.1 Å². The van der Waals surface area contributed by atoms with Crippen LogP contribution in [0.1, 0.15) is 11.1 Å². The van der Waals surface area contributed by atoms with Crippen molar-refractivity contribution in [1.82, 2.24) is 0 Å². The van der Waals surface area contributed by atoms with Gasteiger partial charge in [0.15, 0.2) is 11.5 Å². The van der Waals surface area contributed by atoms with Crippen molar-refractivity contribution in [2.75, 3.05) is 23.5 Å². The molecule has 1 heterocycles. The maximum Gasteiger partial charge on any atom is 0.343 e. The van der Waals surface area contributed by atoms with E-state index in [1.54, 1.807) is 84.9 Å². The van der Waals surface area contributed by atoms with Gasteiger partial charge in [0, 0.05) is 5.56 Å². The molecule has 4 rings (SSSR count). The number of imide groups is 2. The Morgan fingerprint density at radius 2 is 1.38 bits per heavy atom. The minimum atomic E-state index is -0.748. The van der Waals surface area contributed by atoms with E-state index in [0.29, 0.717) is 34.9 Å². The van der Waals surface area contributed by atoms with E-state index in [2.05, 4.69) is 13.2 Å². The molecular formula is C30H26N2O5. The average molecular weight is 495 g/mol. The Morgan fingerprint density at radius 3 is 1.86 bits per heavy atom. The Morgan fingerprint density at radius 1 is 0.811 bits per heavy atom. The molecule has 186 valence electrons. The highest BCUT2D eigenvalue weighted by molar-refractivity contribution is 6.46. The molecule has 0 saturated carbocycles. The molecule has 0 aromatic heterocycles. The smallest absolute Gasteiger partial charge is 0.343 e. The van der Waals surface area contributed by atoms with Crippen molar-refractivity contribution in [2.24, 2.45) is 0 Å². The second-order valence-electron chi connectivity index (χ2n) is 8.10. The van der Waals surface area contributed by atoms with Crippen LogP contribution in [0.3, 0.4) is 0 Å². The highest BCUT2D eigenvalue weighted by Crippen LogP contribution is 2.35. The summed E-state index contributed by atoms with van der Waals surface area (Å²) >= 11 is 0. The zero-order valence-corrected chi connectivity index (χ0v) is 20.4. The number of benzene rings is 3. The number of anilines is 2. The summed E-state index contributed by atoms with van der Waals surface area (Å²) in [5.74, 6) is -0.480. The number of amides is 4. The lowest BCUT2D eigenvalue weighted by atomic mass is 10.0. The molecule has 0 radical (unpaired) electrons. The second kappa shape index (κ2) is 11.2. The van der Waals surface area contributed by atoms with Gasteiger partial charge in [-0.2, -0.15) is 0 Å². The summed E-state index contributed by atoms with van der Waals surface area (Å²) in [5, 5.41) is 0. The summed E-state index contributed by atoms with van der Waals surface area (Å²) in [7, 11) is 1.51. The van der Waals surface area contributed by atoms with Crippen molar-refractivity contribution in [3.8, 4) is 11.5 Å². The lowest BCUT2D eigenvalue weighted by Gasteiger charge is -2.34. The van der Waals surface area contributed by atoms with Crippen molar-refractivity contribution in [3.05, 3.63) is 115 Å². The fraction of sp³-hybridized carbons (Fsp3) is 0.100. The minimum absolute atomic E-state index is 0.168. The summed E-state index contributed by atoms with van der Waals surface area (Å²) in [4.78, 5) is 42.7. The van der Waals surface area contributed by atoms with Gasteiger partial charge in [0.05, 0.1) is 18.5 Å². The zero-order valence-electron chi connectivity index (χ0n) is 20.4. The maximum atomic E-state index is 13.6. The molecule has 7 nitrogen and oxygen atoms in total. The van der Waals surface area contributed by atoms with E-state index in [1.807, 2.05) is 0 Å². The Hall–Kier alpha value is -4.91. The molecule has 0 bridgehead atoms. The number of ether oxygens (including phenoxy) is 2. The third-order valence-electron chi connectivity index (χ3n) is 5.67. The number of methoxy groups -OCH3 is 1. The van der Waals surface area contributed by atoms with Crippen LogP contribution in [0.2, 0.25) is 0 Å². The van der Waals surface area contributed by atoms with Crippen molar-refractivity contribution in [2.45, 2.75) is 6.42 Å². The van der Waals surface area contributed by atoms with E-state index < -0.39 is 17.8 Å². The number of hydrogen-bond donors (Lipinski definition) is 0. The van der Waals surface area contributed by atoms with E-state index in [1.165, 1.54) is 13.2 Å². The first-order chi connectivity index (χ1) is 18.0. The third-order valence-corrected chi connectivity index (χ3v) is 5.67. The number of nitrogens with zero attached hydrogens (tertiary/aromatic N) is 2. The predicted molar refractivity (Wildman–Crippen MR) is 144 cm³/mol. The van der Waals surface area contributed by atoms with Crippen molar-refractivity contribution < 1.29 is 23.9 Å². The molecule has 0 spiro atoms. The Labute approximate surface area is 215 Å². The molecule has 3 aromatic carbocycles. The molecule has 1 fully saturated rings. The van der Waals surface area contributed by atoms with E-state index in [0.717, 1.165) is 15.4 Å². The van der Waals surface area contributed by atoms with Crippen LogP contribution in [0.5, 0.6) is 11.5 Å². The van der Waals surface area contributed by atoms with Gasteiger partial charge in [-0.05, 0) is 54.5 Å². The minimum Gasteiger partial charge on any atom is -0.493 e. The summed E-state index contributed by atoms with van der Waals surface area (Å²) in [5.41, 5.74) is 1.84. The zero-order chi connectivity index (χ0) is 26.4. The SMILES string of the molecule is C=CCOc1c(CC=C)cc(C=C2C(=O)N(c3ccccc3)C(=O)N(c3ccccc3)C2=O)cc1OC. The molecule has 4 amide bonds. The van der Waals surface area contributed by atoms with Gasteiger partial charge < -0.3 is 9.47 Å². The quantitative estimate of drug-likeness (QED) is 0.221. The van der Waals surface area contributed by atoms with Crippen LogP contribution in [-0.4, -0.2) is 31.6 Å². The summed E-state index contributed by atoms with van der Waals surface area (Å²) in [6.45, 7) is 7.76. The fourth-order valence-electron chi connectivity index (χ4n) is 4.04. The van der Waals surface area contributed by atoms with Crippen LogP contribution in [0.4, 0.5) is 16.2 Å². The number of barbiturate groups is 1. The largest absolute Gasteiger partial charge is 0.493 e. The monoisotopic (exact) mass is 494 g/mol. The molecule has 0 atom stereocenters. The summed E-state index contributed by atoms with van der Waals surface area (Å²) in [6.07, 6.45) is 5.28. The van der Waals surface area contributed by atoms with Crippen LogP contribution in [0, 0.1) is 0 Å². The number of allylic oxidation sites excluding steroid dienone is 1. The molecule has 0 N–H and O–H groups in total. The molecule has 0 unspecified atom stereocenters. The van der Waals surface area contributed by atoms with Crippen LogP contribution < -0.4 is 19.3 Å². The van der Waals surface area contributed by atoms with Gasteiger partial charge in [-0.25, -0.2) is 14.6 Å². The number of hydrogen-bond acceptors (Lipinski definition) is 5. The van der Waals surface area contributed by atoms with Gasteiger partial charge in [0.2, 0.25) is 0 Å². The topological polar surface area (TPSA) is 76.2 Å². The first-order valence-corrected chi connectivity index (χ1v) is 11.6. The Balaban J connectivity index is 1.87. The van der Waals surface area contributed by atoms with Crippen LogP contribution in [-0.2, 0) is 16.0 Å². The average Bonchev–Trinajstić information content (AvgIpc) is 2.91. The van der Waals surface area contributed by atoms with Gasteiger partial charge in [-0.15, -0.1) is 6.58 Å². The van der Waals surface area contributed by atoms with Gasteiger partial charge in [0.1, 0.15) is 12.2 Å². The van der Waals surface area contributed by atoms with Gasteiger partial charge >= 0.3 is 6.03 Å². The lowest BCUT2D eigenvalue weighted by Crippen LogP contribution is -2.57. The van der Waals surface area contributed by atoms with Crippen molar-refractivity contribution >= 4 is 35.3 Å². The predicted octanol–water partition coefficient (Wildman–Crippen LogP) is 5.57. The number of rotatable bonds is 9. The standard InChI is InChI=1S/C30H26N2O5/c1-4-12-22-18-21(20-26(36-3)27(22)37-17-5-2)19-25-28(33)31(23-13-8-6-9-14-23)30(35)32(29(25)34)24-15-10-7-11-16-24/h4-11,13-16,18-20H,1-2,12,17H2,3H3. The summed E-state index contributed by atoms with van der Waals surface area (Å²) in [6, 6.07) is 19.7. The second-order valence-corrected chi connectivity index (χ2v) is 8.10. The molecule has 3 aromatic rings. The molecule has 1 aliphatic heterocycles. The molecular weight excluding hydrogens is 468 g/mol.